The molecule has 1 N–H and O–H groups in total. The molecule has 3 rings (SSSR count). The monoisotopic (exact) mass is 383 g/mol. The van der Waals surface area contributed by atoms with Crippen LogP contribution in [0.25, 0.3) is 0 Å². The molecule has 0 unspecified atom stereocenters. The van der Waals surface area contributed by atoms with Gasteiger partial charge in [-0.2, -0.15) is 0 Å². The lowest BCUT2D eigenvalue weighted by Crippen LogP contribution is -2.31. The van der Waals surface area contributed by atoms with E-state index in [0.717, 1.165) is 31.4 Å². The van der Waals surface area contributed by atoms with E-state index in [1.807, 2.05) is 4.90 Å². The van der Waals surface area contributed by atoms with Crippen LogP contribution in [0.15, 0.2) is 30.6 Å². The molecule has 1 aromatic carbocycles. The van der Waals surface area contributed by atoms with Gasteiger partial charge in [-0.25, -0.2) is 9.97 Å². The van der Waals surface area contributed by atoms with Crippen molar-refractivity contribution in [1.29, 1.82) is 0 Å². The fourth-order valence-electron chi connectivity index (χ4n) is 2.84. The summed E-state index contributed by atoms with van der Waals surface area (Å²) in [7, 11) is 0. The van der Waals surface area contributed by atoms with Gasteiger partial charge in [-0.1, -0.05) is 0 Å². The number of ether oxygens (including phenoxy) is 1. The number of rotatable bonds is 5. The van der Waals surface area contributed by atoms with Crippen molar-refractivity contribution in [2.75, 3.05) is 23.3 Å². The molecule has 27 heavy (non-hydrogen) atoms. The maximum Gasteiger partial charge on any atom is 0.573 e. The van der Waals surface area contributed by atoms with Crippen LogP contribution in [0.3, 0.4) is 0 Å². The van der Waals surface area contributed by atoms with E-state index < -0.39 is 11.3 Å². The van der Waals surface area contributed by atoms with Crippen molar-refractivity contribution < 1.29 is 22.8 Å². The summed E-state index contributed by atoms with van der Waals surface area (Å²) >= 11 is 0. The van der Waals surface area contributed by atoms with Crippen LogP contribution in [0.1, 0.15) is 19.3 Å². The van der Waals surface area contributed by atoms with Gasteiger partial charge in [0.05, 0.1) is 4.92 Å². The first-order valence-electron chi connectivity index (χ1n) is 8.20. The molecule has 0 radical (unpaired) electrons. The van der Waals surface area contributed by atoms with Gasteiger partial charge in [-0.15, -0.1) is 13.2 Å². The van der Waals surface area contributed by atoms with Crippen LogP contribution in [-0.4, -0.2) is 34.3 Å². The van der Waals surface area contributed by atoms with E-state index in [1.54, 1.807) is 0 Å². The van der Waals surface area contributed by atoms with E-state index in [-0.39, 0.29) is 23.1 Å². The SMILES string of the molecule is O=[N+]([O-])c1c(Nc2ccc(OC(F)(F)F)cc2)ncnc1N1CCCCC1. The number of nitro groups is 1. The fourth-order valence-corrected chi connectivity index (χ4v) is 2.84. The molecule has 2 aromatic rings. The van der Waals surface area contributed by atoms with Crippen LogP contribution in [-0.2, 0) is 0 Å². The van der Waals surface area contributed by atoms with Crippen molar-refractivity contribution in [2.45, 2.75) is 25.6 Å². The highest BCUT2D eigenvalue weighted by atomic mass is 19.4. The molecule has 144 valence electrons. The van der Waals surface area contributed by atoms with Gasteiger partial charge in [0.25, 0.3) is 0 Å². The van der Waals surface area contributed by atoms with Crippen LogP contribution in [0.4, 0.5) is 36.2 Å². The third-order valence-electron chi connectivity index (χ3n) is 3.99. The number of halogens is 3. The Labute approximate surface area is 152 Å². The summed E-state index contributed by atoms with van der Waals surface area (Å²) in [5.74, 6) is -0.187. The first-order chi connectivity index (χ1) is 12.8. The van der Waals surface area contributed by atoms with Gasteiger partial charge in [0.15, 0.2) is 0 Å². The third kappa shape index (κ3) is 4.74. The molecule has 1 aromatic heterocycles. The average Bonchev–Trinajstić information content (AvgIpc) is 2.62. The van der Waals surface area contributed by atoms with Gasteiger partial charge >= 0.3 is 12.0 Å². The third-order valence-corrected chi connectivity index (χ3v) is 3.99. The molecular formula is C16H16F3N5O3. The number of alkyl halides is 3. The maximum atomic E-state index is 12.2. The predicted molar refractivity (Wildman–Crippen MR) is 91.2 cm³/mol. The second-order valence-corrected chi connectivity index (χ2v) is 5.90. The van der Waals surface area contributed by atoms with Crippen LogP contribution in [0.5, 0.6) is 5.75 Å². The second kappa shape index (κ2) is 7.64. The summed E-state index contributed by atoms with van der Waals surface area (Å²) in [5, 5.41) is 14.4. The highest BCUT2D eigenvalue weighted by Gasteiger charge is 2.31. The van der Waals surface area contributed by atoms with Gasteiger partial charge in [0.1, 0.15) is 12.1 Å². The van der Waals surface area contributed by atoms with Gasteiger partial charge in [-0.3, -0.25) is 10.1 Å². The zero-order valence-electron chi connectivity index (χ0n) is 14.1. The first kappa shape index (κ1) is 18.7. The second-order valence-electron chi connectivity index (χ2n) is 5.90. The van der Waals surface area contributed by atoms with E-state index >= 15 is 0 Å². The smallest absolute Gasteiger partial charge is 0.406 e. The molecule has 1 fully saturated rings. The van der Waals surface area contributed by atoms with Crippen molar-refractivity contribution in [1.82, 2.24) is 9.97 Å². The summed E-state index contributed by atoms with van der Waals surface area (Å²) < 4.78 is 40.5. The molecule has 0 saturated carbocycles. The minimum atomic E-state index is -4.79. The van der Waals surface area contributed by atoms with Crippen molar-refractivity contribution in [3.63, 3.8) is 0 Å². The zero-order valence-corrected chi connectivity index (χ0v) is 14.1. The summed E-state index contributed by atoms with van der Waals surface area (Å²) in [5.41, 5.74) is 0.0611. The Bertz CT molecular complexity index is 808. The summed E-state index contributed by atoms with van der Waals surface area (Å²) in [6.07, 6.45) is -0.661. The molecule has 0 amide bonds. The van der Waals surface area contributed by atoms with Crippen molar-refractivity contribution in [2.24, 2.45) is 0 Å². The Kier molecular flexibility index (Phi) is 5.28. The largest absolute Gasteiger partial charge is 0.573 e. The number of nitrogens with zero attached hydrogens (tertiary/aromatic N) is 4. The maximum absolute atomic E-state index is 12.2. The van der Waals surface area contributed by atoms with E-state index in [2.05, 4.69) is 20.0 Å². The summed E-state index contributed by atoms with van der Waals surface area (Å²) in [6, 6.07) is 4.84. The molecular weight excluding hydrogens is 367 g/mol. The highest BCUT2D eigenvalue weighted by Crippen LogP contribution is 2.35. The van der Waals surface area contributed by atoms with Crippen LogP contribution >= 0.6 is 0 Å². The minimum Gasteiger partial charge on any atom is -0.406 e. The van der Waals surface area contributed by atoms with Crippen LogP contribution in [0.2, 0.25) is 0 Å². The quantitative estimate of drug-likeness (QED) is 0.616. The molecule has 0 spiro atoms. The number of aromatic nitrogens is 2. The summed E-state index contributed by atoms with van der Waals surface area (Å²) in [6.45, 7) is 1.33. The molecule has 8 nitrogen and oxygen atoms in total. The van der Waals surface area contributed by atoms with E-state index in [1.165, 1.54) is 18.5 Å². The Hall–Kier alpha value is -3.11. The standard InChI is InChI=1S/C16H16F3N5O3/c17-16(18,19)27-12-6-4-11(5-7-12)22-14-13(24(25)26)15(21-10-20-14)23-8-2-1-3-9-23/h4-7,10H,1-3,8-9H2,(H,20,21,22). The molecule has 1 aliphatic heterocycles. The lowest BCUT2D eigenvalue weighted by atomic mass is 10.1. The van der Waals surface area contributed by atoms with Crippen molar-refractivity contribution in [3.8, 4) is 5.75 Å². The molecule has 0 aliphatic carbocycles. The first-order valence-corrected chi connectivity index (χ1v) is 8.20. The lowest BCUT2D eigenvalue weighted by molar-refractivity contribution is -0.383. The van der Waals surface area contributed by atoms with Gasteiger partial charge in [0.2, 0.25) is 11.6 Å². The molecule has 2 heterocycles. The molecule has 1 saturated heterocycles. The minimum absolute atomic E-state index is 0.0277. The molecule has 11 heteroatoms. The van der Waals surface area contributed by atoms with Gasteiger partial charge < -0.3 is 15.0 Å². The van der Waals surface area contributed by atoms with Gasteiger partial charge in [-0.05, 0) is 43.5 Å². The number of anilines is 3. The van der Waals surface area contributed by atoms with Gasteiger partial charge in [0, 0.05) is 18.8 Å². The number of hydrogen-bond acceptors (Lipinski definition) is 7. The molecule has 0 atom stereocenters. The number of benzene rings is 1. The Morgan fingerprint density at radius 3 is 2.37 bits per heavy atom. The average molecular weight is 383 g/mol. The molecule has 1 aliphatic rings. The number of nitrogens with one attached hydrogen (secondary N) is 1. The van der Waals surface area contributed by atoms with Crippen LogP contribution in [0, 0.1) is 10.1 Å². The van der Waals surface area contributed by atoms with Crippen molar-refractivity contribution in [3.05, 3.63) is 40.7 Å². The summed E-state index contributed by atoms with van der Waals surface area (Å²) in [4.78, 5) is 20.9. The van der Waals surface area contributed by atoms with E-state index in [9.17, 15) is 23.3 Å². The zero-order chi connectivity index (χ0) is 19.4. The predicted octanol–water partition coefficient (Wildman–Crippen LogP) is 4.02. The Morgan fingerprint density at radius 2 is 1.78 bits per heavy atom. The lowest BCUT2D eigenvalue weighted by Gasteiger charge is -2.27. The normalized spacial score (nSPS) is 14.7. The van der Waals surface area contributed by atoms with Crippen molar-refractivity contribution >= 4 is 23.0 Å². The van der Waals surface area contributed by atoms with Crippen LogP contribution < -0.4 is 15.0 Å². The number of hydrogen-bond donors (Lipinski definition) is 1. The Balaban J connectivity index is 1.85. The Morgan fingerprint density at radius 1 is 1.11 bits per heavy atom. The van der Waals surface area contributed by atoms with E-state index in [0.29, 0.717) is 18.8 Å². The topological polar surface area (TPSA) is 93.4 Å². The molecule has 0 bridgehead atoms. The fraction of sp³-hybridized carbons (Fsp3) is 0.375. The van der Waals surface area contributed by atoms with E-state index in [4.69, 9.17) is 0 Å². The number of piperidine rings is 1. The highest BCUT2D eigenvalue weighted by molar-refractivity contribution is 5.74.